The molecule has 2 heterocycles. The number of benzene rings is 1. The fourth-order valence-electron chi connectivity index (χ4n) is 3.27. The van der Waals surface area contributed by atoms with E-state index in [0.717, 1.165) is 23.0 Å². The van der Waals surface area contributed by atoms with E-state index in [9.17, 15) is 18.0 Å². The fourth-order valence-corrected chi connectivity index (χ4v) is 3.27. The lowest BCUT2D eigenvalue weighted by molar-refractivity contribution is -0.138. The Balaban J connectivity index is 1.78. The van der Waals surface area contributed by atoms with Crippen molar-refractivity contribution in [2.75, 3.05) is 11.4 Å². The number of amides is 1. The lowest BCUT2D eigenvalue weighted by Crippen LogP contribution is -2.29. The molecule has 0 spiro atoms. The third-order valence-corrected chi connectivity index (χ3v) is 4.50. The Labute approximate surface area is 137 Å². The van der Waals surface area contributed by atoms with Crippen LogP contribution in [0.15, 0.2) is 18.2 Å². The molecule has 0 unspecified atom stereocenters. The number of carbonyl (C=O) groups excluding carboxylic acids is 1. The molecule has 4 nitrogen and oxygen atoms in total. The van der Waals surface area contributed by atoms with E-state index < -0.39 is 11.7 Å². The van der Waals surface area contributed by atoms with Crippen LogP contribution >= 0.6 is 0 Å². The maximum absolute atomic E-state index is 13.1. The van der Waals surface area contributed by atoms with Crippen LogP contribution < -0.4 is 4.90 Å². The van der Waals surface area contributed by atoms with Crippen LogP contribution in [0.4, 0.5) is 18.9 Å². The maximum atomic E-state index is 13.1. The Morgan fingerprint density at radius 1 is 1.33 bits per heavy atom. The number of H-pyrrole nitrogens is 1. The first-order valence-corrected chi connectivity index (χ1v) is 7.79. The fraction of sp³-hybridized carbons (Fsp3) is 0.412. The number of aryl methyl sites for hydroxylation is 2. The zero-order chi connectivity index (χ0) is 17.5. The van der Waals surface area contributed by atoms with Crippen LogP contribution in [0.1, 0.15) is 34.5 Å². The molecule has 0 saturated heterocycles. The van der Waals surface area contributed by atoms with Crippen molar-refractivity contribution < 1.29 is 18.0 Å². The molecule has 0 atom stereocenters. The molecule has 1 aromatic heterocycles. The van der Waals surface area contributed by atoms with E-state index in [1.165, 1.54) is 11.0 Å². The van der Waals surface area contributed by atoms with Crippen LogP contribution in [0.25, 0.3) is 0 Å². The first-order chi connectivity index (χ1) is 11.3. The summed E-state index contributed by atoms with van der Waals surface area (Å²) in [4.78, 5) is 14.0. The minimum absolute atomic E-state index is 0.159. The summed E-state index contributed by atoms with van der Waals surface area (Å²) >= 11 is 0. The Morgan fingerprint density at radius 2 is 2.08 bits per heavy atom. The average molecular weight is 337 g/mol. The predicted molar refractivity (Wildman–Crippen MR) is 83.9 cm³/mol. The van der Waals surface area contributed by atoms with Crippen LogP contribution in [0, 0.1) is 13.8 Å². The molecule has 7 heteroatoms. The van der Waals surface area contributed by atoms with Gasteiger partial charge in [0.2, 0.25) is 5.91 Å². The van der Waals surface area contributed by atoms with Crippen LogP contribution in [-0.2, 0) is 23.8 Å². The molecule has 1 aliphatic heterocycles. The van der Waals surface area contributed by atoms with Crippen molar-refractivity contribution in [3.8, 4) is 0 Å². The van der Waals surface area contributed by atoms with E-state index in [1.807, 2.05) is 13.8 Å². The molecular formula is C17H18F3N3O. The van der Waals surface area contributed by atoms with Gasteiger partial charge in [-0.3, -0.25) is 9.89 Å². The Kier molecular flexibility index (Phi) is 4.11. The van der Waals surface area contributed by atoms with Crippen molar-refractivity contribution >= 4 is 11.6 Å². The van der Waals surface area contributed by atoms with Gasteiger partial charge in [0.1, 0.15) is 0 Å². The minimum Gasteiger partial charge on any atom is -0.312 e. The number of hydrogen-bond acceptors (Lipinski definition) is 2. The number of halogens is 3. The number of carbonyl (C=O) groups is 1. The largest absolute Gasteiger partial charge is 0.416 e. The highest BCUT2D eigenvalue weighted by atomic mass is 19.4. The number of alkyl halides is 3. The van der Waals surface area contributed by atoms with Crippen LogP contribution in [0.2, 0.25) is 0 Å². The van der Waals surface area contributed by atoms with Gasteiger partial charge in [-0.15, -0.1) is 0 Å². The van der Waals surface area contributed by atoms with E-state index >= 15 is 0 Å². The van der Waals surface area contributed by atoms with Crippen molar-refractivity contribution in [2.45, 2.75) is 39.3 Å². The molecule has 2 aromatic rings. The van der Waals surface area contributed by atoms with Gasteiger partial charge in [-0.1, -0.05) is 6.07 Å². The zero-order valence-electron chi connectivity index (χ0n) is 13.5. The van der Waals surface area contributed by atoms with Gasteiger partial charge < -0.3 is 4.90 Å². The molecule has 3 rings (SSSR count). The van der Waals surface area contributed by atoms with Gasteiger partial charge in [-0.05, 0) is 49.9 Å². The zero-order valence-corrected chi connectivity index (χ0v) is 13.5. The monoisotopic (exact) mass is 337 g/mol. The second-order valence-corrected chi connectivity index (χ2v) is 6.01. The molecule has 1 amide bonds. The Bertz CT molecular complexity index is 760. The summed E-state index contributed by atoms with van der Waals surface area (Å²) in [5.41, 5.74) is 2.72. The molecule has 0 radical (unpaired) electrons. The summed E-state index contributed by atoms with van der Waals surface area (Å²) in [6, 6.07) is 4.02. The van der Waals surface area contributed by atoms with Gasteiger partial charge in [-0.2, -0.15) is 18.3 Å². The van der Waals surface area contributed by atoms with Gasteiger partial charge >= 0.3 is 6.18 Å². The molecule has 0 aliphatic carbocycles. The van der Waals surface area contributed by atoms with E-state index in [-0.39, 0.29) is 24.3 Å². The number of rotatable bonds is 3. The average Bonchev–Trinajstić information content (AvgIpc) is 3.08. The van der Waals surface area contributed by atoms with Crippen LogP contribution in [0.3, 0.4) is 0 Å². The number of aromatic nitrogens is 2. The predicted octanol–water partition coefficient (Wildman–Crippen LogP) is 3.57. The topological polar surface area (TPSA) is 49.0 Å². The molecule has 1 N–H and O–H groups in total. The third kappa shape index (κ3) is 2.90. The smallest absolute Gasteiger partial charge is 0.312 e. The summed E-state index contributed by atoms with van der Waals surface area (Å²) in [6.45, 7) is 4.05. The molecule has 1 aliphatic rings. The molecular weight excluding hydrogens is 319 g/mol. The lowest BCUT2D eigenvalue weighted by atomic mass is 10.0. The van der Waals surface area contributed by atoms with Gasteiger partial charge in [0.25, 0.3) is 0 Å². The highest BCUT2D eigenvalue weighted by Crippen LogP contribution is 2.39. The summed E-state index contributed by atoms with van der Waals surface area (Å²) in [5.74, 6) is -0.159. The summed E-state index contributed by atoms with van der Waals surface area (Å²) < 4.78 is 39.2. The van der Waals surface area contributed by atoms with Crippen molar-refractivity contribution in [1.82, 2.24) is 10.2 Å². The summed E-state index contributed by atoms with van der Waals surface area (Å²) in [5, 5.41) is 6.96. The highest BCUT2D eigenvalue weighted by Gasteiger charge is 2.37. The third-order valence-electron chi connectivity index (χ3n) is 4.50. The number of fused-ring (bicyclic) bond motifs is 1. The Morgan fingerprint density at radius 3 is 2.71 bits per heavy atom. The van der Waals surface area contributed by atoms with Gasteiger partial charge in [-0.25, -0.2) is 0 Å². The second kappa shape index (κ2) is 5.96. The van der Waals surface area contributed by atoms with E-state index in [1.54, 1.807) is 6.07 Å². The summed E-state index contributed by atoms with van der Waals surface area (Å²) in [7, 11) is 0. The number of hydrogen-bond donors (Lipinski definition) is 1. The quantitative estimate of drug-likeness (QED) is 0.931. The van der Waals surface area contributed by atoms with Gasteiger partial charge in [0.15, 0.2) is 0 Å². The van der Waals surface area contributed by atoms with Crippen molar-refractivity contribution in [2.24, 2.45) is 0 Å². The molecule has 0 bridgehead atoms. The number of nitrogens with zero attached hydrogens (tertiary/aromatic N) is 2. The number of aromatic amines is 1. The van der Waals surface area contributed by atoms with E-state index in [4.69, 9.17) is 0 Å². The van der Waals surface area contributed by atoms with Crippen molar-refractivity contribution in [1.29, 1.82) is 0 Å². The maximum Gasteiger partial charge on any atom is 0.416 e. The SMILES string of the molecule is Cc1n[nH]c(C)c1CCC(=O)N1CCc2c1cccc2C(F)(F)F. The van der Waals surface area contributed by atoms with Crippen LogP contribution in [0.5, 0.6) is 0 Å². The molecule has 1 aromatic carbocycles. The molecule has 0 saturated carbocycles. The normalized spacial score (nSPS) is 14.1. The minimum atomic E-state index is -4.39. The lowest BCUT2D eigenvalue weighted by Gasteiger charge is -2.18. The Hall–Kier alpha value is -2.31. The first kappa shape index (κ1) is 16.5. The van der Waals surface area contributed by atoms with Crippen molar-refractivity contribution in [3.63, 3.8) is 0 Å². The second-order valence-electron chi connectivity index (χ2n) is 6.01. The molecule has 24 heavy (non-hydrogen) atoms. The number of nitrogens with one attached hydrogen (secondary N) is 1. The first-order valence-electron chi connectivity index (χ1n) is 7.79. The van der Waals surface area contributed by atoms with Gasteiger partial charge in [0.05, 0.1) is 11.3 Å². The van der Waals surface area contributed by atoms with E-state index in [2.05, 4.69) is 10.2 Å². The van der Waals surface area contributed by atoms with Crippen LogP contribution in [-0.4, -0.2) is 22.6 Å². The van der Waals surface area contributed by atoms with Crippen molar-refractivity contribution in [3.05, 3.63) is 46.3 Å². The molecule has 0 fully saturated rings. The number of anilines is 1. The molecule has 128 valence electrons. The van der Waals surface area contributed by atoms with Gasteiger partial charge in [0, 0.05) is 24.3 Å². The standard InChI is InChI=1S/C17H18F3N3O/c1-10-12(11(2)22-21-10)6-7-16(24)23-9-8-13-14(17(18,19)20)4-3-5-15(13)23/h3-5H,6-9H2,1-2H3,(H,21,22). The highest BCUT2D eigenvalue weighted by molar-refractivity contribution is 5.95. The summed E-state index contributed by atoms with van der Waals surface area (Å²) in [6.07, 6.45) is -3.38. The van der Waals surface area contributed by atoms with E-state index in [0.29, 0.717) is 18.7 Å².